The Morgan fingerprint density at radius 2 is 0.837 bits per heavy atom. The lowest BCUT2D eigenvalue weighted by atomic mass is 10.0. The van der Waals surface area contributed by atoms with Crippen LogP contribution in [0.5, 0.6) is 0 Å². The van der Waals surface area contributed by atoms with Gasteiger partial charge in [-0.1, -0.05) is 174 Å². The summed E-state index contributed by atoms with van der Waals surface area (Å²) in [5, 5.41) is 36.0. The Kier molecular flexibility index (Phi) is 48.8. The van der Waals surface area contributed by atoms with Crippen molar-refractivity contribution in [2.75, 3.05) is 13.2 Å². The van der Waals surface area contributed by atoms with E-state index in [1.54, 1.807) is 6.08 Å². The molecule has 4 N–H and O–H groups in total. The van der Waals surface area contributed by atoms with Gasteiger partial charge in [-0.2, -0.15) is 0 Å². The van der Waals surface area contributed by atoms with Gasteiger partial charge in [-0.3, -0.25) is 9.59 Å². The Labute approximate surface area is 303 Å². The second kappa shape index (κ2) is 46.3. The van der Waals surface area contributed by atoms with Crippen LogP contribution in [-0.4, -0.2) is 57.8 Å². The highest BCUT2D eigenvalue weighted by Gasteiger charge is 2.05. The number of carboxylic acid groups (broad SMARTS) is 1. The van der Waals surface area contributed by atoms with Crippen LogP contribution in [-0.2, 0) is 14.3 Å². The fourth-order valence-corrected chi connectivity index (χ4v) is 5.55. The van der Waals surface area contributed by atoms with E-state index in [1.807, 2.05) is 0 Å². The van der Waals surface area contributed by atoms with E-state index in [-0.39, 0.29) is 24.8 Å². The van der Waals surface area contributed by atoms with Crippen LogP contribution < -0.4 is 0 Å². The number of hydrogen-bond acceptors (Lipinski definition) is 6. The topological polar surface area (TPSA) is 124 Å². The average Bonchev–Trinajstić information content (AvgIpc) is 3.09. The van der Waals surface area contributed by atoms with Crippen molar-refractivity contribution < 1.29 is 34.8 Å². The fraction of sp³-hybridized carbons (Fsp3) is 0.857. The van der Waals surface area contributed by atoms with Crippen molar-refractivity contribution >= 4 is 11.9 Å². The molecular formula is C42H82O7. The first-order valence-electron chi connectivity index (χ1n) is 20.3. The van der Waals surface area contributed by atoms with Crippen LogP contribution in [0.4, 0.5) is 0 Å². The maximum atomic E-state index is 11.3. The van der Waals surface area contributed by atoms with E-state index >= 15 is 0 Å². The Morgan fingerprint density at radius 3 is 1.14 bits per heavy atom. The Hall–Kier alpha value is -1.70. The Bertz CT molecular complexity index is 682. The SMILES string of the molecule is C=CCO.C=CCOC(=O)CCCCCCCCCCC(O)CCCCCC.CCCCCCC(O)CCCCCCCCCCC(=O)O. The molecule has 0 spiro atoms. The normalized spacial score (nSPS) is 11.8. The van der Waals surface area contributed by atoms with Crippen LogP contribution in [0.1, 0.15) is 206 Å². The highest BCUT2D eigenvalue weighted by atomic mass is 16.5. The molecule has 0 aliphatic heterocycles. The molecule has 49 heavy (non-hydrogen) atoms. The van der Waals surface area contributed by atoms with Crippen LogP contribution in [0.3, 0.4) is 0 Å². The Balaban J connectivity index is -0.000000782. The molecule has 0 aromatic carbocycles. The minimum Gasteiger partial charge on any atom is -0.481 e. The van der Waals surface area contributed by atoms with Gasteiger partial charge >= 0.3 is 11.9 Å². The lowest BCUT2D eigenvalue weighted by Gasteiger charge is -2.10. The fourth-order valence-electron chi connectivity index (χ4n) is 5.55. The summed E-state index contributed by atoms with van der Waals surface area (Å²) in [6.07, 6.45) is 36.1. The van der Waals surface area contributed by atoms with Crippen molar-refractivity contribution in [1.29, 1.82) is 0 Å². The van der Waals surface area contributed by atoms with E-state index in [2.05, 4.69) is 27.0 Å². The third-order valence-corrected chi connectivity index (χ3v) is 8.62. The summed E-state index contributed by atoms with van der Waals surface area (Å²) in [6.45, 7) is 11.6. The van der Waals surface area contributed by atoms with Gasteiger partial charge in [-0.15, -0.1) is 6.58 Å². The summed E-state index contributed by atoms with van der Waals surface area (Å²) in [6, 6.07) is 0. The molecular weight excluding hydrogens is 616 g/mol. The quantitative estimate of drug-likeness (QED) is 0.0295. The molecule has 0 amide bonds. The number of hydrogen-bond donors (Lipinski definition) is 4. The van der Waals surface area contributed by atoms with Gasteiger partial charge in [-0.25, -0.2) is 0 Å². The van der Waals surface area contributed by atoms with Crippen molar-refractivity contribution in [3.05, 3.63) is 25.3 Å². The molecule has 7 heteroatoms. The van der Waals surface area contributed by atoms with Gasteiger partial charge in [0.05, 0.1) is 18.8 Å². The highest BCUT2D eigenvalue weighted by Crippen LogP contribution is 2.16. The Morgan fingerprint density at radius 1 is 0.531 bits per heavy atom. The zero-order chi connectivity index (χ0) is 37.1. The van der Waals surface area contributed by atoms with Crippen LogP contribution in [0.2, 0.25) is 0 Å². The third-order valence-electron chi connectivity index (χ3n) is 8.62. The van der Waals surface area contributed by atoms with Crippen LogP contribution in [0, 0.1) is 0 Å². The molecule has 0 radical (unpaired) electrons. The molecule has 0 aromatic heterocycles. The number of unbranched alkanes of at least 4 members (excludes halogenated alkanes) is 20. The number of carbonyl (C=O) groups excluding carboxylic acids is 1. The van der Waals surface area contributed by atoms with E-state index in [0.29, 0.717) is 19.4 Å². The second-order valence-corrected chi connectivity index (χ2v) is 13.6. The molecule has 0 heterocycles. The summed E-state index contributed by atoms with van der Waals surface area (Å²) in [5.41, 5.74) is 0. The van der Waals surface area contributed by atoms with Gasteiger partial charge < -0.3 is 25.2 Å². The van der Waals surface area contributed by atoms with E-state index in [0.717, 1.165) is 70.6 Å². The first-order chi connectivity index (χ1) is 23.8. The number of aliphatic carboxylic acids is 1. The van der Waals surface area contributed by atoms with E-state index in [9.17, 15) is 19.8 Å². The minimum absolute atomic E-state index is 0.0808. The average molecular weight is 699 g/mol. The summed E-state index contributed by atoms with van der Waals surface area (Å²) in [5.74, 6) is -0.786. The number of esters is 1. The molecule has 0 bridgehead atoms. The van der Waals surface area contributed by atoms with Crippen molar-refractivity contribution in [3.8, 4) is 0 Å². The number of carbonyl (C=O) groups is 2. The predicted octanol–water partition coefficient (Wildman–Crippen LogP) is 11.4. The molecule has 0 aliphatic carbocycles. The monoisotopic (exact) mass is 699 g/mol. The maximum Gasteiger partial charge on any atom is 0.306 e. The molecule has 0 aromatic rings. The van der Waals surface area contributed by atoms with Crippen molar-refractivity contribution in [1.82, 2.24) is 0 Å². The molecule has 0 saturated heterocycles. The van der Waals surface area contributed by atoms with Crippen LogP contribution >= 0.6 is 0 Å². The first kappa shape index (κ1) is 51.7. The first-order valence-corrected chi connectivity index (χ1v) is 20.3. The minimum atomic E-state index is -0.678. The van der Waals surface area contributed by atoms with Gasteiger partial charge in [-0.05, 0) is 38.5 Å². The zero-order valence-corrected chi connectivity index (χ0v) is 32.4. The number of carboxylic acids is 1. The molecule has 0 saturated carbocycles. The largest absolute Gasteiger partial charge is 0.481 e. The summed E-state index contributed by atoms with van der Waals surface area (Å²) >= 11 is 0. The maximum absolute atomic E-state index is 11.3. The molecule has 2 atom stereocenters. The van der Waals surface area contributed by atoms with E-state index in [1.165, 1.54) is 115 Å². The van der Waals surface area contributed by atoms with Crippen molar-refractivity contribution in [2.45, 2.75) is 219 Å². The lowest BCUT2D eigenvalue weighted by molar-refractivity contribution is -0.142. The number of aliphatic hydroxyl groups is 3. The van der Waals surface area contributed by atoms with Gasteiger partial charge in [0.15, 0.2) is 0 Å². The molecule has 0 rings (SSSR count). The van der Waals surface area contributed by atoms with Crippen molar-refractivity contribution in [3.63, 3.8) is 0 Å². The third kappa shape index (κ3) is 53.3. The second-order valence-electron chi connectivity index (χ2n) is 13.6. The standard InChI is InChI=1S/C21H40O3.C18H36O3.C3H6O/c1-3-5-6-13-16-20(22)17-14-11-9-7-8-10-12-15-18-21(23)24-19-4-2;1-2-3-4-11-14-17(19)15-12-9-7-5-6-8-10-13-16-18(20)21;1-2-3-4/h4,20,22H,2-3,5-19H2,1H3;17,19H,2-16H2,1H3,(H,20,21);2,4H,1,3H2. The number of aliphatic hydroxyl groups excluding tert-OH is 3. The zero-order valence-electron chi connectivity index (χ0n) is 32.4. The number of ether oxygens (including phenoxy) is 1. The predicted molar refractivity (Wildman–Crippen MR) is 208 cm³/mol. The smallest absolute Gasteiger partial charge is 0.306 e. The van der Waals surface area contributed by atoms with Crippen LogP contribution in [0.15, 0.2) is 25.3 Å². The summed E-state index contributed by atoms with van der Waals surface area (Å²) in [7, 11) is 0. The lowest BCUT2D eigenvalue weighted by Crippen LogP contribution is -2.05. The van der Waals surface area contributed by atoms with Gasteiger partial charge in [0.25, 0.3) is 0 Å². The summed E-state index contributed by atoms with van der Waals surface area (Å²) in [4.78, 5) is 21.6. The molecule has 7 nitrogen and oxygen atoms in total. The van der Waals surface area contributed by atoms with E-state index in [4.69, 9.17) is 14.9 Å². The highest BCUT2D eigenvalue weighted by molar-refractivity contribution is 5.69. The van der Waals surface area contributed by atoms with Crippen molar-refractivity contribution in [2.24, 2.45) is 0 Å². The van der Waals surface area contributed by atoms with Gasteiger partial charge in [0.2, 0.25) is 0 Å². The molecule has 292 valence electrons. The molecule has 0 fully saturated rings. The van der Waals surface area contributed by atoms with Crippen LogP contribution in [0.25, 0.3) is 0 Å². The molecule has 0 aliphatic rings. The summed E-state index contributed by atoms with van der Waals surface area (Å²) < 4.78 is 4.94. The van der Waals surface area contributed by atoms with Gasteiger partial charge in [0, 0.05) is 12.8 Å². The molecule has 2 unspecified atom stereocenters. The van der Waals surface area contributed by atoms with Gasteiger partial charge in [0.1, 0.15) is 6.61 Å². The number of rotatable bonds is 35. The van der Waals surface area contributed by atoms with E-state index < -0.39 is 5.97 Å².